The van der Waals surface area contributed by atoms with Gasteiger partial charge in [0, 0.05) is 6.07 Å². The summed E-state index contributed by atoms with van der Waals surface area (Å²) in [6, 6.07) is 14.1. The molecule has 0 unspecified atom stereocenters. The molecule has 1 N–H and O–H groups in total. The van der Waals surface area contributed by atoms with Crippen LogP contribution in [0.25, 0.3) is 0 Å². The normalized spacial score (nSPS) is 16.7. The molecule has 0 bridgehead atoms. The van der Waals surface area contributed by atoms with E-state index in [9.17, 15) is 9.59 Å². The van der Waals surface area contributed by atoms with Gasteiger partial charge in [-0.25, -0.2) is 0 Å². The molecule has 1 fully saturated rings. The number of fused-ring (bicyclic) bond motifs is 1. The summed E-state index contributed by atoms with van der Waals surface area (Å²) in [6.45, 7) is -0.244. The first-order valence-corrected chi connectivity index (χ1v) is 9.53. The molecule has 29 heavy (non-hydrogen) atoms. The van der Waals surface area contributed by atoms with Gasteiger partial charge in [-0.1, -0.05) is 25.0 Å². The number of rotatable bonds is 4. The Morgan fingerprint density at radius 2 is 1.97 bits per heavy atom. The molecule has 1 aliphatic heterocycles. The van der Waals surface area contributed by atoms with Crippen molar-refractivity contribution in [3.8, 4) is 17.6 Å². The third-order valence-corrected chi connectivity index (χ3v) is 5.57. The largest absolute Gasteiger partial charge is 0.493 e. The SMILES string of the molecule is COc1cc(C#N)ccc1OCC(=O)N1c2ccccc2NC(=O)C12CCCC2. The highest BCUT2D eigenvalue weighted by Crippen LogP contribution is 2.45. The van der Waals surface area contributed by atoms with Gasteiger partial charge in [0.15, 0.2) is 18.1 Å². The van der Waals surface area contributed by atoms with E-state index < -0.39 is 5.54 Å². The Balaban J connectivity index is 1.63. The molecule has 1 aliphatic carbocycles. The number of carbonyl (C=O) groups is 2. The molecule has 7 heteroatoms. The smallest absolute Gasteiger partial charge is 0.265 e. The molecule has 4 rings (SSSR count). The van der Waals surface area contributed by atoms with E-state index >= 15 is 0 Å². The fraction of sp³-hybridized carbons (Fsp3) is 0.318. The lowest BCUT2D eigenvalue weighted by molar-refractivity contribution is -0.128. The second-order valence-electron chi connectivity index (χ2n) is 7.21. The molecule has 1 saturated carbocycles. The number of nitrogens with one attached hydrogen (secondary N) is 1. The van der Waals surface area contributed by atoms with Crippen molar-refractivity contribution in [2.75, 3.05) is 23.9 Å². The number of hydrogen-bond acceptors (Lipinski definition) is 5. The summed E-state index contributed by atoms with van der Waals surface area (Å²) < 4.78 is 11.0. The first kappa shape index (κ1) is 18.8. The van der Waals surface area contributed by atoms with Gasteiger partial charge in [-0.05, 0) is 37.1 Å². The summed E-state index contributed by atoms with van der Waals surface area (Å²) in [7, 11) is 1.48. The summed E-state index contributed by atoms with van der Waals surface area (Å²) in [5.74, 6) is 0.318. The van der Waals surface area contributed by atoms with E-state index in [0.717, 1.165) is 12.8 Å². The van der Waals surface area contributed by atoms with Crippen molar-refractivity contribution in [2.24, 2.45) is 0 Å². The maximum atomic E-state index is 13.3. The molecule has 2 aromatic carbocycles. The van der Waals surface area contributed by atoms with Gasteiger partial charge in [0.1, 0.15) is 5.54 Å². The number of amides is 2. The van der Waals surface area contributed by atoms with E-state index in [2.05, 4.69) is 5.32 Å². The van der Waals surface area contributed by atoms with Crippen LogP contribution < -0.4 is 19.7 Å². The number of nitriles is 1. The molecule has 0 aromatic heterocycles. The molecule has 0 atom stereocenters. The summed E-state index contributed by atoms with van der Waals surface area (Å²) >= 11 is 0. The highest BCUT2D eigenvalue weighted by atomic mass is 16.5. The number of methoxy groups -OCH3 is 1. The van der Waals surface area contributed by atoms with Gasteiger partial charge in [0.2, 0.25) is 0 Å². The summed E-state index contributed by atoms with van der Waals surface area (Å²) in [4.78, 5) is 27.9. The molecule has 1 spiro atoms. The second-order valence-corrected chi connectivity index (χ2v) is 7.21. The molecular weight excluding hydrogens is 370 g/mol. The summed E-state index contributed by atoms with van der Waals surface area (Å²) in [5.41, 5.74) is 0.879. The highest BCUT2D eigenvalue weighted by molar-refractivity contribution is 6.15. The fourth-order valence-electron chi connectivity index (χ4n) is 4.19. The Labute approximate surface area is 168 Å². The molecule has 0 radical (unpaired) electrons. The third-order valence-electron chi connectivity index (χ3n) is 5.57. The number of benzene rings is 2. The first-order chi connectivity index (χ1) is 14.1. The lowest BCUT2D eigenvalue weighted by atomic mass is 9.90. The van der Waals surface area contributed by atoms with Crippen LogP contribution in [-0.4, -0.2) is 31.1 Å². The van der Waals surface area contributed by atoms with Crippen molar-refractivity contribution in [1.29, 1.82) is 5.26 Å². The lowest BCUT2D eigenvalue weighted by Gasteiger charge is -2.44. The highest BCUT2D eigenvalue weighted by Gasteiger charge is 2.52. The average Bonchev–Trinajstić information content (AvgIpc) is 3.23. The van der Waals surface area contributed by atoms with Crippen LogP contribution in [0.1, 0.15) is 31.2 Å². The van der Waals surface area contributed by atoms with Crippen molar-refractivity contribution in [3.63, 3.8) is 0 Å². The van der Waals surface area contributed by atoms with Gasteiger partial charge in [0.05, 0.1) is 30.1 Å². The van der Waals surface area contributed by atoms with Crippen LogP contribution in [0.15, 0.2) is 42.5 Å². The molecule has 1 heterocycles. The van der Waals surface area contributed by atoms with E-state index in [1.54, 1.807) is 29.2 Å². The molecular formula is C22H21N3O4. The monoisotopic (exact) mass is 391 g/mol. The van der Waals surface area contributed by atoms with Gasteiger partial charge in [0.25, 0.3) is 11.8 Å². The van der Waals surface area contributed by atoms with E-state index in [1.807, 2.05) is 24.3 Å². The average molecular weight is 391 g/mol. The van der Waals surface area contributed by atoms with Crippen LogP contribution in [0, 0.1) is 11.3 Å². The molecule has 2 aliphatic rings. The van der Waals surface area contributed by atoms with E-state index in [-0.39, 0.29) is 18.4 Å². The van der Waals surface area contributed by atoms with Gasteiger partial charge < -0.3 is 14.8 Å². The molecule has 2 amide bonds. The zero-order valence-electron chi connectivity index (χ0n) is 16.1. The Bertz CT molecular complexity index is 1010. The minimum Gasteiger partial charge on any atom is -0.493 e. The van der Waals surface area contributed by atoms with Crippen molar-refractivity contribution in [1.82, 2.24) is 0 Å². The minimum absolute atomic E-state index is 0.141. The van der Waals surface area contributed by atoms with Crippen molar-refractivity contribution in [3.05, 3.63) is 48.0 Å². The van der Waals surface area contributed by atoms with Crippen molar-refractivity contribution in [2.45, 2.75) is 31.2 Å². The fourth-order valence-corrected chi connectivity index (χ4v) is 4.19. The predicted octanol–water partition coefficient (Wildman–Crippen LogP) is 3.24. The lowest BCUT2D eigenvalue weighted by Crippen LogP contribution is -2.61. The van der Waals surface area contributed by atoms with Gasteiger partial charge in [-0.3, -0.25) is 14.5 Å². The van der Waals surface area contributed by atoms with Crippen molar-refractivity contribution < 1.29 is 19.1 Å². The van der Waals surface area contributed by atoms with Gasteiger partial charge in [-0.15, -0.1) is 0 Å². The molecule has 0 saturated heterocycles. The van der Waals surface area contributed by atoms with Crippen LogP contribution in [0.5, 0.6) is 11.5 Å². The third kappa shape index (κ3) is 3.17. The number of hydrogen-bond donors (Lipinski definition) is 1. The number of nitrogens with zero attached hydrogens (tertiary/aromatic N) is 2. The zero-order valence-corrected chi connectivity index (χ0v) is 16.1. The second kappa shape index (κ2) is 7.47. The Kier molecular flexibility index (Phi) is 4.85. The summed E-state index contributed by atoms with van der Waals surface area (Å²) in [6.07, 6.45) is 3.03. The van der Waals surface area contributed by atoms with E-state index in [1.165, 1.54) is 7.11 Å². The van der Waals surface area contributed by atoms with Crippen LogP contribution in [0.2, 0.25) is 0 Å². The van der Waals surface area contributed by atoms with Gasteiger partial charge in [-0.2, -0.15) is 5.26 Å². The molecule has 7 nitrogen and oxygen atoms in total. The maximum Gasteiger partial charge on any atom is 0.265 e. The quantitative estimate of drug-likeness (QED) is 0.864. The molecule has 2 aromatic rings. The summed E-state index contributed by atoms with van der Waals surface area (Å²) in [5, 5.41) is 12.0. The molecule has 148 valence electrons. The standard InChI is InChI=1S/C22H21N3O4/c1-28-19-12-15(13-23)8-9-18(19)29-14-20(26)25-17-7-3-2-6-16(17)24-21(27)22(25)10-4-5-11-22/h2-3,6-9,12H,4-5,10-11,14H2,1H3,(H,24,27). The van der Waals surface area contributed by atoms with Crippen LogP contribution in [-0.2, 0) is 9.59 Å². The van der Waals surface area contributed by atoms with Crippen LogP contribution in [0.3, 0.4) is 0 Å². The number of ether oxygens (including phenoxy) is 2. The Morgan fingerprint density at radius 3 is 2.69 bits per heavy atom. The van der Waals surface area contributed by atoms with E-state index in [0.29, 0.717) is 41.3 Å². The zero-order chi connectivity index (χ0) is 20.4. The van der Waals surface area contributed by atoms with Gasteiger partial charge >= 0.3 is 0 Å². The number of para-hydroxylation sites is 2. The minimum atomic E-state index is -0.871. The predicted molar refractivity (Wildman–Crippen MR) is 107 cm³/mol. The topological polar surface area (TPSA) is 91.7 Å². The van der Waals surface area contributed by atoms with Crippen LogP contribution >= 0.6 is 0 Å². The maximum absolute atomic E-state index is 13.3. The number of anilines is 2. The van der Waals surface area contributed by atoms with Crippen LogP contribution in [0.4, 0.5) is 11.4 Å². The number of carbonyl (C=O) groups excluding carboxylic acids is 2. The first-order valence-electron chi connectivity index (χ1n) is 9.53. The Hall–Kier alpha value is -3.53. The Morgan fingerprint density at radius 1 is 1.21 bits per heavy atom. The van der Waals surface area contributed by atoms with E-state index in [4.69, 9.17) is 14.7 Å². The van der Waals surface area contributed by atoms with Crippen molar-refractivity contribution >= 4 is 23.2 Å².